The zero-order valence-corrected chi connectivity index (χ0v) is 11.8. The fourth-order valence-electron chi connectivity index (χ4n) is 1.44. The molecule has 0 heterocycles. The standard InChI is InChI=1S/C12H13ClF3N3O2/c1-19(5-10(20)18-6-12(14,15)16)11(21)7-2-3-8(13)9(17)4-7/h2-4H,5-6,17H2,1H3,(H,18,20). The SMILES string of the molecule is CN(CC(=O)NCC(F)(F)F)C(=O)c1ccc(Cl)c(N)c1. The van der Waals surface area contributed by atoms with E-state index in [0.29, 0.717) is 0 Å². The fourth-order valence-corrected chi connectivity index (χ4v) is 1.56. The molecule has 0 aliphatic carbocycles. The van der Waals surface area contributed by atoms with Crippen LogP contribution in [0.15, 0.2) is 18.2 Å². The van der Waals surface area contributed by atoms with Crippen LogP contribution in [0.4, 0.5) is 18.9 Å². The number of hydrogen-bond acceptors (Lipinski definition) is 3. The van der Waals surface area contributed by atoms with Gasteiger partial charge < -0.3 is 16.0 Å². The van der Waals surface area contributed by atoms with Crippen molar-refractivity contribution in [2.45, 2.75) is 6.18 Å². The third-order valence-electron chi connectivity index (χ3n) is 2.46. The maximum Gasteiger partial charge on any atom is 0.405 e. The van der Waals surface area contributed by atoms with Crippen molar-refractivity contribution in [3.05, 3.63) is 28.8 Å². The minimum Gasteiger partial charge on any atom is -0.398 e. The minimum atomic E-state index is -4.50. The minimum absolute atomic E-state index is 0.183. The molecule has 1 aromatic rings. The lowest BCUT2D eigenvalue weighted by Crippen LogP contribution is -2.41. The van der Waals surface area contributed by atoms with E-state index in [1.807, 2.05) is 0 Å². The molecule has 0 aliphatic rings. The molecule has 0 aliphatic heterocycles. The van der Waals surface area contributed by atoms with Crippen molar-refractivity contribution in [3.63, 3.8) is 0 Å². The first kappa shape index (κ1) is 17.1. The van der Waals surface area contributed by atoms with E-state index in [9.17, 15) is 22.8 Å². The molecule has 0 saturated carbocycles. The largest absolute Gasteiger partial charge is 0.405 e. The van der Waals surface area contributed by atoms with Gasteiger partial charge in [-0.3, -0.25) is 9.59 Å². The van der Waals surface area contributed by atoms with Crippen LogP contribution in [0.3, 0.4) is 0 Å². The molecule has 1 aromatic carbocycles. The molecule has 21 heavy (non-hydrogen) atoms. The van der Waals surface area contributed by atoms with Crippen LogP contribution >= 0.6 is 11.6 Å². The van der Waals surface area contributed by atoms with Crippen molar-refractivity contribution in [2.75, 3.05) is 25.9 Å². The predicted octanol–water partition coefficient (Wildman–Crippen LogP) is 1.67. The summed E-state index contributed by atoms with van der Waals surface area (Å²) in [5.74, 6) is -1.47. The number of rotatable bonds is 4. The molecule has 0 atom stereocenters. The van der Waals surface area contributed by atoms with Gasteiger partial charge in [-0.2, -0.15) is 13.2 Å². The molecular formula is C12H13ClF3N3O2. The van der Waals surface area contributed by atoms with Gasteiger partial charge in [0.15, 0.2) is 0 Å². The van der Waals surface area contributed by atoms with Crippen molar-refractivity contribution in [2.24, 2.45) is 0 Å². The Bertz CT molecular complexity index is 549. The van der Waals surface area contributed by atoms with Crippen LogP contribution in [0, 0.1) is 0 Å². The number of anilines is 1. The Kier molecular flexibility index (Phi) is 5.42. The Morgan fingerprint density at radius 2 is 2.00 bits per heavy atom. The molecule has 2 amide bonds. The summed E-state index contributed by atoms with van der Waals surface area (Å²) in [4.78, 5) is 24.3. The van der Waals surface area contributed by atoms with Gasteiger partial charge in [-0.15, -0.1) is 0 Å². The maximum absolute atomic E-state index is 12.0. The summed E-state index contributed by atoms with van der Waals surface area (Å²) in [7, 11) is 1.29. The highest BCUT2D eigenvalue weighted by molar-refractivity contribution is 6.33. The van der Waals surface area contributed by atoms with Crippen LogP contribution in [0.25, 0.3) is 0 Å². The first-order chi connectivity index (χ1) is 9.60. The van der Waals surface area contributed by atoms with Crippen LogP contribution in [-0.4, -0.2) is 43.0 Å². The molecule has 0 saturated heterocycles. The van der Waals surface area contributed by atoms with Gasteiger partial charge >= 0.3 is 6.18 Å². The van der Waals surface area contributed by atoms with Crippen molar-refractivity contribution >= 4 is 29.1 Å². The van der Waals surface area contributed by atoms with Gasteiger partial charge in [0, 0.05) is 12.6 Å². The third kappa shape index (κ3) is 5.50. The van der Waals surface area contributed by atoms with Gasteiger partial charge in [0.25, 0.3) is 5.91 Å². The Labute approximate surface area is 123 Å². The van der Waals surface area contributed by atoms with E-state index >= 15 is 0 Å². The van der Waals surface area contributed by atoms with E-state index in [1.54, 1.807) is 5.32 Å². The number of nitrogens with one attached hydrogen (secondary N) is 1. The third-order valence-corrected chi connectivity index (χ3v) is 2.80. The van der Waals surface area contributed by atoms with Crippen molar-refractivity contribution in [1.82, 2.24) is 10.2 Å². The number of amides is 2. The van der Waals surface area contributed by atoms with E-state index in [-0.39, 0.29) is 16.3 Å². The van der Waals surface area contributed by atoms with Crippen LogP contribution in [0.1, 0.15) is 10.4 Å². The van der Waals surface area contributed by atoms with Gasteiger partial charge in [0.2, 0.25) is 5.91 Å². The van der Waals surface area contributed by atoms with E-state index < -0.39 is 31.1 Å². The van der Waals surface area contributed by atoms with Crippen LogP contribution in [0.2, 0.25) is 5.02 Å². The molecule has 9 heteroatoms. The molecule has 116 valence electrons. The zero-order chi connectivity index (χ0) is 16.2. The Morgan fingerprint density at radius 1 is 1.38 bits per heavy atom. The fraction of sp³-hybridized carbons (Fsp3) is 0.333. The highest BCUT2D eigenvalue weighted by Crippen LogP contribution is 2.20. The number of likely N-dealkylation sites (N-methyl/N-ethyl adjacent to an activating group) is 1. The normalized spacial score (nSPS) is 11.1. The Balaban J connectivity index is 2.62. The summed E-state index contributed by atoms with van der Waals surface area (Å²) in [5, 5.41) is 1.95. The molecule has 0 aromatic heterocycles. The lowest BCUT2D eigenvalue weighted by molar-refractivity contribution is -0.138. The van der Waals surface area contributed by atoms with Gasteiger partial charge in [0.05, 0.1) is 17.3 Å². The topological polar surface area (TPSA) is 75.4 Å². The van der Waals surface area contributed by atoms with E-state index in [1.165, 1.54) is 25.2 Å². The Hall–Kier alpha value is -1.96. The molecule has 5 nitrogen and oxygen atoms in total. The molecule has 0 fully saturated rings. The number of nitrogens with two attached hydrogens (primary N) is 1. The zero-order valence-electron chi connectivity index (χ0n) is 11.0. The van der Waals surface area contributed by atoms with Gasteiger partial charge in [-0.25, -0.2) is 0 Å². The number of nitrogen functional groups attached to an aromatic ring is 1. The maximum atomic E-state index is 12.0. The summed E-state index contributed by atoms with van der Waals surface area (Å²) in [5.41, 5.74) is 5.92. The van der Waals surface area contributed by atoms with Crippen LogP contribution < -0.4 is 11.1 Å². The van der Waals surface area contributed by atoms with Gasteiger partial charge in [0.1, 0.15) is 6.54 Å². The summed E-state index contributed by atoms with van der Waals surface area (Å²) < 4.78 is 35.8. The molecule has 0 bridgehead atoms. The van der Waals surface area contributed by atoms with Gasteiger partial charge in [-0.05, 0) is 18.2 Å². The summed E-state index contributed by atoms with van der Waals surface area (Å²) >= 11 is 5.71. The number of nitrogens with zero attached hydrogens (tertiary/aromatic N) is 1. The second-order valence-corrected chi connectivity index (χ2v) is 4.70. The predicted molar refractivity (Wildman–Crippen MR) is 71.9 cm³/mol. The van der Waals surface area contributed by atoms with Crippen molar-refractivity contribution < 1.29 is 22.8 Å². The van der Waals surface area contributed by atoms with E-state index in [0.717, 1.165) is 4.90 Å². The lowest BCUT2D eigenvalue weighted by Gasteiger charge is -2.17. The monoisotopic (exact) mass is 323 g/mol. The second kappa shape index (κ2) is 6.66. The molecule has 1 rings (SSSR count). The number of benzene rings is 1. The summed E-state index contributed by atoms with van der Waals surface area (Å²) in [6.45, 7) is -1.95. The van der Waals surface area contributed by atoms with Gasteiger partial charge in [-0.1, -0.05) is 11.6 Å². The molecule has 0 spiro atoms. The van der Waals surface area contributed by atoms with Crippen molar-refractivity contribution in [3.8, 4) is 0 Å². The second-order valence-electron chi connectivity index (χ2n) is 4.29. The smallest absolute Gasteiger partial charge is 0.398 e. The van der Waals surface area contributed by atoms with Crippen molar-refractivity contribution in [1.29, 1.82) is 0 Å². The van der Waals surface area contributed by atoms with E-state index in [2.05, 4.69) is 0 Å². The first-order valence-electron chi connectivity index (χ1n) is 5.74. The summed E-state index contributed by atoms with van der Waals surface area (Å²) in [6, 6.07) is 4.15. The number of halogens is 4. The quantitative estimate of drug-likeness (QED) is 0.828. The number of alkyl halides is 3. The number of hydrogen-bond donors (Lipinski definition) is 2. The molecule has 3 N–H and O–H groups in total. The highest BCUT2D eigenvalue weighted by atomic mass is 35.5. The average molecular weight is 324 g/mol. The van der Waals surface area contributed by atoms with Crippen LogP contribution in [-0.2, 0) is 4.79 Å². The lowest BCUT2D eigenvalue weighted by atomic mass is 10.2. The molecule has 0 unspecified atom stereocenters. The van der Waals surface area contributed by atoms with Crippen LogP contribution in [0.5, 0.6) is 0 Å². The Morgan fingerprint density at radius 3 is 2.52 bits per heavy atom. The van der Waals surface area contributed by atoms with E-state index in [4.69, 9.17) is 17.3 Å². The number of carbonyl (C=O) groups excluding carboxylic acids is 2. The highest BCUT2D eigenvalue weighted by Gasteiger charge is 2.28. The molecule has 0 radical (unpaired) electrons. The molecular weight excluding hydrogens is 311 g/mol. The average Bonchev–Trinajstić information content (AvgIpc) is 2.38. The first-order valence-corrected chi connectivity index (χ1v) is 6.12. The number of carbonyl (C=O) groups is 2. The summed E-state index contributed by atoms with van der Waals surface area (Å²) in [6.07, 6.45) is -4.50.